The molecule has 1 heterocycles. The monoisotopic (exact) mass is 307 g/mol. The second-order valence-electron chi connectivity index (χ2n) is 6.71. The maximum absolute atomic E-state index is 5.93. The van der Waals surface area contributed by atoms with Crippen LogP contribution in [0.15, 0.2) is 12.3 Å². The molecule has 0 aliphatic rings. The molecule has 4 N–H and O–H groups in total. The highest BCUT2D eigenvalue weighted by atomic mass is 15.3. The van der Waals surface area contributed by atoms with E-state index in [1.807, 2.05) is 0 Å². The van der Waals surface area contributed by atoms with Crippen LogP contribution in [-0.4, -0.2) is 36.1 Å². The summed E-state index contributed by atoms with van der Waals surface area (Å²) in [6.45, 7) is 8.45. The third kappa shape index (κ3) is 6.65. The first-order valence-corrected chi connectivity index (χ1v) is 8.84. The topological polar surface area (TPSA) is 64.9 Å². The third-order valence-corrected chi connectivity index (χ3v) is 4.66. The van der Waals surface area contributed by atoms with Crippen molar-refractivity contribution in [3.05, 3.63) is 18.0 Å². The normalized spacial score (nSPS) is 14.0. The maximum atomic E-state index is 5.93. The molecular weight excluding hydrogens is 272 g/mol. The first kappa shape index (κ1) is 18.8. The molecule has 126 valence electrons. The minimum Gasteiger partial charge on any atom is -0.397 e. The molecule has 0 aromatic carbocycles. The zero-order valence-corrected chi connectivity index (χ0v) is 14.8. The van der Waals surface area contributed by atoms with Gasteiger partial charge < -0.3 is 16.0 Å². The van der Waals surface area contributed by atoms with E-state index in [9.17, 15) is 0 Å². The van der Waals surface area contributed by atoms with Gasteiger partial charge in [0.1, 0.15) is 0 Å². The van der Waals surface area contributed by atoms with E-state index >= 15 is 0 Å². The summed E-state index contributed by atoms with van der Waals surface area (Å²) in [4.78, 5) is 4.32. The number of nitrogens with two attached hydrogens (primary N) is 2. The summed E-state index contributed by atoms with van der Waals surface area (Å²) in [6, 6.07) is 1.81. The lowest BCUT2D eigenvalue weighted by Gasteiger charge is -2.33. The number of hydrogen-bond acceptors (Lipinski definition) is 3. The molecule has 1 unspecified atom stereocenters. The Morgan fingerprint density at radius 3 is 2.32 bits per heavy atom. The molecule has 0 saturated heterocycles. The molecule has 4 heteroatoms. The quantitative estimate of drug-likeness (QED) is 0.485. The Balaban J connectivity index is 2.13. The van der Waals surface area contributed by atoms with E-state index in [1.165, 1.54) is 56.2 Å². The number of nitrogen functional groups attached to an aromatic ring is 2. The van der Waals surface area contributed by atoms with Crippen molar-refractivity contribution in [3.63, 3.8) is 0 Å². The number of hydrogen-bond donors (Lipinski definition) is 2. The van der Waals surface area contributed by atoms with E-state index in [0.717, 1.165) is 24.2 Å². The summed E-state index contributed by atoms with van der Waals surface area (Å²) < 4.78 is 1.22. The fraction of sp³-hybridized carbons (Fsp3) is 0.722. The van der Waals surface area contributed by atoms with E-state index in [4.69, 9.17) is 11.5 Å². The van der Waals surface area contributed by atoms with Gasteiger partial charge in [-0.05, 0) is 45.1 Å². The first-order chi connectivity index (χ1) is 10.5. The van der Waals surface area contributed by atoms with Crippen molar-refractivity contribution >= 4 is 11.4 Å². The molecule has 1 aromatic rings. The lowest BCUT2D eigenvalue weighted by atomic mass is 10.1. The fourth-order valence-electron chi connectivity index (χ4n) is 3.02. The summed E-state index contributed by atoms with van der Waals surface area (Å²) in [5.41, 5.74) is 14.0. The van der Waals surface area contributed by atoms with Crippen LogP contribution in [0, 0.1) is 0 Å². The summed E-state index contributed by atoms with van der Waals surface area (Å²) in [5.74, 6) is 0. The number of aryl methyl sites for hydroxylation is 1. The van der Waals surface area contributed by atoms with Gasteiger partial charge in [0.25, 0.3) is 0 Å². The van der Waals surface area contributed by atoms with Gasteiger partial charge in [-0.25, -0.2) is 0 Å². The Bertz CT molecular complexity index is 433. The number of aromatic nitrogens is 1. The lowest BCUT2D eigenvalue weighted by molar-refractivity contribution is -0.908. The van der Waals surface area contributed by atoms with Crippen molar-refractivity contribution < 1.29 is 4.48 Å². The van der Waals surface area contributed by atoms with Gasteiger partial charge in [-0.3, -0.25) is 4.98 Å². The largest absolute Gasteiger partial charge is 0.397 e. The minimum absolute atomic E-state index is 0.644. The Hall–Kier alpha value is -1.29. The van der Waals surface area contributed by atoms with Gasteiger partial charge in [0.2, 0.25) is 0 Å². The molecule has 0 radical (unpaired) electrons. The standard InChI is InChI=1S/C18H35N4/c1-4-12-22(3,5-2)13-10-8-6-7-9-11-18-17(20)14-16(19)15-21-18/h14-15H,4-13,19-20H2,1-3H3/q+1. The maximum Gasteiger partial charge on any atom is 0.0784 e. The van der Waals surface area contributed by atoms with Gasteiger partial charge in [0, 0.05) is 0 Å². The van der Waals surface area contributed by atoms with E-state index in [-0.39, 0.29) is 0 Å². The van der Waals surface area contributed by atoms with Crippen LogP contribution in [0.2, 0.25) is 0 Å². The number of quaternary nitrogens is 1. The zero-order valence-electron chi connectivity index (χ0n) is 14.8. The predicted octanol–water partition coefficient (Wildman–Crippen LogP) is 3.62. The molecule has 1 atom stereocenters. The van der Waals surface area contributed by atoms with E-state index in [2.05, 4.69) is 25.9 Å². The van der Waals surface area contributed by atoms with E-state index in [0.29, 0.717) is 5.69 Å². The molecule has 0 bridgehead atoms. The highest BCUT2D eigenvalue weighted by molar-refractivity contribution is 5.52. The molecule has 0 aliphatic heterocycles. The second-order valence-corrected chi connectivity index (χ2v) is 6.71. The highest BCUT2D eigenvalue weighted by Gasteiger charge is 2.16. The predicted molar refractivity (Wildman–Crippen MR) is 96.6 cm³/mol. The van der Waals surface area contributed by atoms with Crippen molar-refractivity contribution in [2.24, 2.45) is 0 Å². The van der Waals surface area contributed by atoms with Gasteiger partial charge in [-0.1, -0.05) is 19.8 Å². The summed E-state index contributed by atoms with van der Waals surface area (Å²) >= 11 is 0. The van der Waals surface area contributed by atoms with Crippen molar-refractivity contribution in [1.82, 2.24) is 4.98 Å². The molecule has 22 heavy (non-hydrogen) atoms. The molecule has 0 aliphatic carbocycles. The van der Waals surface area contributed by atoms with Crippen molar-refractivity contribution in [2.75, 3.05) is 38.1 Å². The van der Waals surface area contributed by atoms with E-state index in [1.54, 1.807) is 12.3 Å². The molecule has 0 fully saturated rings. The number of unbranched alkanes of at least 4 members (excludes halogenated alkanes) is 4. The average Bonchev–Trinajstić information content (AvgIpc) is 2.48. The molecule has 0 saturated carbocycles. The van der Waals surface area contributed by atoms with Gasteiger partial charge in [0.05, 0.1) is 49.9 Å². The van der Waals surface area contributed by atoms with Crippen LogP contribution in [0.25, 0.3) is 0 Å². The minimum atomic E-state index is 0.644. The third-order valence-electron chi connectivity index (χ3n) is 4.66. The van der Waals surface area contributed by atoms with Crippen LogP contribution < -0.4 is 11.5 Å². The molecular formula is C18H35N4+. The molecule has 4 nitrogen and oxygen atoms in total. The Morgan fingerprint density at radius 1 is 1.00 bits per heavy atom. The van der Waals surface area contributed by atoms with Crippen molar-refractivity contribution in [3.8, 4) is 0 Å². The second kappa shape index (κ2) is 9.67. The number of anilines is 2. The molecule has 1 aromatic heterocycles. The highest BCUT2D eigenvalue weighted by Crippen LogP contribution is 2.16. The summed E-state index contributed by atoms with van der Waals surface area (Å²) in [5, 5.41) is 0. The Labute approximate surface area is 136 Å². The summed E-state index contributed by atoms with van der Waals surface area (Å²) in [6.07, 6.45) is 10.3. The lowest BCUT2D eigenvalue weighted by Crippen LogP contribution is -2.45. The molecule has 0 amide bonds. The van der Waals surface area contributed by atoms with E-state index < -0.39 is 0 Å². The Kier molecular flexibility index (Phi) is 8.25. The van der Waals surface area contributed by atoms with Gasteiger partial charge in [-0.15, -0.1) is 0 Å². The van der Waals surface area contributed by atoms with Crippen LogP contribution in [0.3, 0.4) is 0 Å². The van der Waals surface area contributed by atoms with Crippen LogP contribution >= 0.6 is 0 Å². The smallest absolute Gasteiger partial charge is 0.0784 e. The van der Waals surface area contributed by atoms with Crippen LogP contribution in [0.5, 0.6) is 0 Å². The number of rotatable bonds is 11. The van der Waals surface area contributed by atoms with Gasteiger partial charge in [-0.2, -0.15) is 0 Å². The fourth-order valence-corrected chi connectivity index (χ4v) is 3.02. The molecule has 1 rings (SSSR count). The number of pyridine rings is 1. The van der Waals surface area contributed by atoms with Crippen LogP contribution in [0.1, 0.15) is 58.1 Å². The first-order valence-electron chi connectivity index (χ1n) is 8.84. The van der Waals surface area contributed by atoms with Crippen LogP contribution in [-0.2, 0) is 6.42 Å². The van der Waals surface area contributed by atoms with Crippen LogP contribution in [0.4, 0.5) is 11.4 Å². The summed E-state index contributed by atoms with van der Waals surface area (Å²) in [7, 11) is 2.39. The van der Waals surface area contributed by atoms with Gasteiger partial charge in [0.15, 0.2) is 0 Å². The Morgan fingerprint density at radius 2 is 1.68 bits per heavy atom. The van der Waals surface area contributed by atoms with Gasteiger partial charge >= 0.3 is 0 Å². The van der Waals surface area contributed by atoms with Crippen molar-refractivity contribution in [1.29, 1.82) is 0 Å². The SMILES string of the molecule is CCC[N+](C)(CC)CCCCCCCc1ncc(N)cc1N. The molecule has 0 spiro atoms. The van der Waals surface area contributed by atoms with Crippen molar-refractivity contribution in [2.45, 2.75) is 58.8 Å². The average molecular weight is 308 g/mol. The zero-order chi connectivity index (χ0) is 16.4. The number of nitrogens with zero attached hydrogens (tertiary/aromatic N) is 2.